The number of amides is 1. The lowest BCUT2D eigenvalue weighted by Gasteiger charge is -2.11. The predicted octanol–water partition coefficient (Wildman–Crippen LogP) is 4.88. The van der Waals surface area contributed by atoms with Gasteiger partial charge in [0.05, 0.1) is 11.7 Å². The summed E-state index contributed by atoms with van der Waals surface area (Å²) in [6.07, 6.45) is 3.11. The molecule has 144 valence electrons. The molecule has 6 heteroatoms. The Morgan fingerprint density at radius 3 is 2.29 bits per heavy atom. The third-order valence-corrected chi connectivity index (χ3v) is 4.03. The summed E-state index contributed by atoms with van der Waals surface area (Å²) in [5.41, 5.74) is 4.30. The van der Waals surface area contributed by atoms with Gasteiger partial charge in [-0.05, 0) is 63.6 Å². The van der Waals surface area contributed by atoms with Gasteiger partial charge in [0.2, 0.25) is 5.95 Å². The Bertz CT molecular complexity index is 951. The number of carbonyl (C=O) groups excluding carboxylic acids is 1. The third kappa shape index (κ3) is 5.07. The van der Waals surface area contributed by atoms with E-state index in [9.17, 15) is 4.79 Å². The molecule has 0 spiro atoms. The maximum Gasteiger partial charge on any atom is 0.258 e. The summed E-state index contributed by atoms with van der Waals surface area (Å²) in [6, 6.07) is 13.3. The molecule has 0 bridgehead atoms. The second kappa shape index (κ2) is 8.52. The first-order valence-electron chi connectivity index (χ1n) is 9.15. The molecule has 1 heterocycles. The van der Waals surface area contributed by atoms with Gasteiger partial charge >= 0.3 is 0 Å². The van der Waals surface area contributed by atoms with Crippen molar-refractivity contribution in [2.75, 3.05) is 10.6 Å². The molecule has 3 rings (SSSR count). The van der Waals surface area contributed by atoms with Crippen LogP contribution in [0.15, 0.2) is 54.9 Å². The molecule has 3 aromatic rings. The molecule has 0 atom stereocenters. The predicted molar refractivity (Wildman–Crippen MR) is 111 cm³/mol. The molecule has 0 fully saturated rings. The highest BCUT2D eigenvalue weighted by atomic mass is 16.5. The lowest BCUT2D eigenvalue weighted by Crippen LogP contribution is -2.13. The van der Waals surface area contributed by atoms with Crippen molar-refractivity contribution in [3.63, 3.8) is 0 Å². The van der Waals surface area contributed by atoms with Crippen LogP contribution in [0.3, 0.4) is 0 Å². The molecule has 0 saturated carbocycles. The molecule has 1 aromatic heterocycles. The fraction of sp³-hybridized carbons (Fsp3) is 0.227. The van der Waals surface area contributed by atoms with E-state index in [0.717, 1.165) is 17.0 Å². The Hall–Kier alpha value is -3.41. The molecule has 0 aliphatic heterocycles. The topological polar surface area (TPSA) is 76.1 Å². The quantitative estimate of drug-likeness (QED) is 0.641. The van der Waals surface area contributed by atoms with Gasteiger partial charge < -0.3 is 15.4 Å². The Morgan fingerprint density at radius 1 is 1.00 bits per heavy atom. The van der Waals surface area contributed by atoms with Crippen molar-refractivity contribution in [1.29, 1.82) is 0 Å². The van der Waals surface area contributed by atoms with Crippen molar-refractivity contribution < 1.29 is 9.53 Å². The summed E-state index contributed by atoms with van der Waals surface area (Å²) in [4.78, 5) is 20.9. The van der Waals surface area contributed by atoms with Crippen LogP contribution in [0.5, 0.6) is 5.75 Å². The van der Waals surface area contributed by atoms with Gasteiger partial charge in [-0.15, -0.1) is 0 Å². The number of ether oxygens (including phenoxy) is 1. The van der Waals surface area contributed by atoms with Crippen molar-refractivity contribution >= 4 is 23.2 Å². The van der Waals surface area contributed by atoms with Crippen molar-refractivity contribution in [3.05, 3.63) is 71.5 Å². The zero-order valence-electron chi connectivity index (χ0n) is 16.5. The minimum Gasteiger partial charge on any atom is -0.491 e. The van der Waals surface area contributed by atoms with E-state index in [1.54, 1.807) is 12.1 Å². The number of carbonyl (C=O) groups is 1. The molecule has 1 amide bonds. The van der Waals surface area contributed by atoms with Crippen molar-refractivity contribution in [1.82, 2.24) is 9.97 Å². The van der Waals surface area contributed by atoms with Crippen LogP contribution in [0.2, 0.25) is 0 Å². The SMILES string of the molecule is Cc1ccc(Nc2ncc(C(=O)Nc3ccc(OC(C)C)cc3)cn2)c(C)c1. The lowest BCUT2D eigenvalue weighted by atomic mass is 10.1. The van der Waals surface area contributed by atoms with E-state index in [1.807, 2.05) is 52.0 Å². The van der Waals surface area contributed by atoms with Crippen molar-refractivity contribution in [3.8, 4) is 5.75 Å². The number of anilines is 3. The Labute approximate surface area is 165 Å². The average molecular weight is 376 g/mol. The van der Waals surface area contributed by atoms with Crippen LogP contribution < -0.4 is 15.4 Å². The molecule has 0 aliphatic carbocycles. The monoisotopic (exact) mass is 376 g/mol. The van der Waals surface area contributed by atoms with Gasteiger partial charge in [0.1, 0.15) is 5.75 Å². The van der Waals surface area contributed by atoms with Crippen LogP contribution in [0.1, 0.15) is 35.3 Å². The number of hydrogen-bond donors (Lipinski definition) is 2. The number of aromatic nitrogens is 2. The van der Waals surface area contributed by atoms with Crippen molar-refractivity contribution in [2.24, 2.45) is 0 Å². The fourth-order valence-electron chi connectivity index (χ4n) is 2.68. The first-order valence-corrected chi connectivity index (χ1v) is 9.15. The molecule has 28 heavy (non-hydrogen) atoms. The number of nitrogens with one attached hydrogen (secondary N) is 2. The van der Waals surface area contributed by atoms with E-state index in [0.29, 0.717) is 17.2 Å². The van der Waals surface area contributed by atoms with E-state index in [2.05, 4.69) is 26.7 Å². The first-order chi connectivity index (χ1) is 13.4. The normalized spacial score (nSPS) is 10.6. The van der Waals surface area contributed by atoms with Gasteiger partial charge in [0, 0.05) is 23.8 Å². The fourth-order valence-corrected chi connectivity index (χ4v) is 2.68. The van der Waals surface area contributed by atoms with Gasteiger partial charge in [-0.1, -0.05) is 17.7 Å². The second-order valence-electron chi connectivity index (χ2n) is 6.88. The number of aryl methyl sites for hydroxylation is 2. The molecule has 0 aliphatic rings. The molecule has 2 aromatic carbocycles. The number of nitrogens with zero attached hydrogens (tertiary/aromatic N) is 2. The van der Waals surface area contributed by atoms with Crippen LogP contribution in [0.25, 0.3) is 0 Å². The molecule has 0 unspecified atom stereocenters. The third-order valence-electron chi connectivity index (χ3n) is 4.03. The van der Waals surface area contributed by atoms with Gasteiger partial charge in [0.25, 0.3) is 5.91 Å². The van der Waals surface area contributed by atoms with E-state index in [1.165, 1.54) is 18.0 Å². The molecule has 0 saturated heterocycles. The van der Waals surface area contributed by atoms with Crippen LogP contribution in [0.4, 0.5) is 17.3 Å². The Balaban J connectivity index is 1.63. The van der Waals surface area contributed by atoms with Gasteiger partial charge in [0.15, 0.2) is 0 Å². The second-order valence-corrected chi connectivity index (χ2v) is 6.88. The standard InChI is InChI=1S/C22H24N4O2/c1-14(2)28-19-8-6-18(7-9-19)25-21(27)17-12-23-22(24-13-17)26-20-10-5-15(3)11-16(20)4/h5-14H,1-4H3,(H,25,27)(H,23,24,26). The smallest absolute Gasteiger partial charge is 0.258 e. The highest BCUT2D eigenvalue weighted by molar-refractivity contribution is 6.03. The number of rotatable bonds is 6. The van der Waals surface area contributed by atoms with E-state index in [-0.39, 0.29) is 12.0 Å². The minimum atomic E-state index is -0.268. The maximum absolute atomic E-state index is 12.4. The van der Waals surface area contributed by atoms with Gasteiger partial charge in [-0.2, -0.15) is 0 Å². The molecule has 6 nitrogen and oxygen atoms in total. The lowest BCUT2D eigenvalue weighted by molar-refractivity contribution is 0.102. The maximum atomic E-state index is 12.4. The number of benzene rings is 2. The van der Waals surface area contributed by atoms with Crippen LogP contribution >= 0.6 is 0 Å². The van der Waals surface area contributed by atoms with Crippen LogP contribution in [0, 0.1) is 13.8 Å². The Morgan fingerprint density at radius 2 is 1.68 bits per heavy atom. The zero-order valence-corrected chi connectivity index (χ0v) is 16.5. The highest BCUT2D eigenvalue weighted by Crippen LogP contribution is 2.20. The van der Waals surface area contributed by atoms with Crippen LogP contribution in [-0.2, 0) is 0 Å². The highest BCUT2D eigenvalue weighted by Gasteiger charge is 2.09. The van der Waals surface area contributed by atoms with Crippen LogP contribution in [-0.4, -0.2) is 22.0 Å². The summed E-state index contributed by atoms with van der Waals surface area (Å²) >= 11 is 0. The average Bonchev–Trinajstić information content (AvgIpc) is 2.66. The molecule has 0 radical (unpaired) electrons. The molecule has 2 N–H and O–H groups in total. The van der Waals surface area contributed by atoms with Gasteiger partial charge in [-0.3, -0.25) is 4.79 Å². The van der Waals surface area contributed by atoms with E-state index < -0.39 is 0 Å². The summed E-state index contributed by atoms with van der Waals surface area (Å²) in [5.74, 6) is 0.937. The van der Waals surface area contributed by atoms with E-state index >= 15 is 0 Å². The Kier molecular flexibility index (Phi) is 5.89. The summed E-state index contributed by atoms with van der Waals surface area (Å²) in [5, 5.41) is 6.00. The van der Waals surface area contributed by atoms with Gasteiger partial charge in [-0.25, -0.2) is 9.97 Å². The number of hydrogen-bond acceptors (Lipinski definition) is 5. The van der Waals surface area contributed by atoms with Crippen molar-refractivity contribution in [2.45, 2.75) is 33.8 Å². The summed E-state index contributed by atoms with van der Waals surface area (Å²) < 4.78 is 5.60. The minimum absolute atomic E-state index is 0.105. The summed E-state index contributed by atoms with van der Waals surface area (Å²) in [6.45, 7) is 8.00. The first kappa shape index (κ1) is 19.4. The van der Waals surface area contributed by atoms with E-state index in [4.69, 9.17) is 4.74 Å². The zero-order chi connectivity index (χ0) is 20.1. The largest absolute Gasteiger partial charge is 0.491 e. The molecular weight excluding hydrogens is 352 g/mol. The summed E-state index contributed by atoms with van der Waals surface area (Å²) in [7, 11) is 0. The molecular formula is C22H24N4O2.